The topological polar surface area (TPSA) is 97.5 Å². The minimum Gasteiger partial charge on any atom is -0.266 e. The lowest BCUT2D eigenvalue weighted by Crippen LogP contribution is -2.18. The number of nitrogens with one attached hydrogen (secondary N) is 1. The number of carbonyl (C=O) groups excluding carboxylic acids is 1. The Morgan fingerprint density at radius 2 is 1.85 bits per heavy atom. The molecule has 26 heavy (non-hydrogen) atoms. The number of aromatic nitrogens is 1. The second kappa shape index (κ2) is 7.80. The SMILES string of the molecule is O=C(N/N=C/C=C/c1ccccc1[N+](=O)[O-])c1ccc2ccccc2n1. The zero-order valence-electron chi connectivity index (χ0n) is 13.6. The molecule has 7 nitrogen and oxygen atoms in total. The van der Waals surface area contributed by atoms with Gasteiger partial charge >= 0.3 is 0 Å². The number of nitro benzene ring substituents is 1. The number of amides is 1. The van der Waals surface area contributed by atoms with E-state index in [0.29, 0.717) is 5.56 Å². The number of hydrogen-bond acceptors (Lipinski definition) is 5. The van der Waals surface area contributed by atoms with E-state index in [1.165, 1.54) is 18.4 Å². The molecule has 1 heterocycles. The van der Waals surface area contributed by atoms with E-state index in [9.17, 15) is 14.9 Å². The summed E-state index contributed by atoms with van der Waals surface area (Å²) in [5, 5.41) is 15.7. The van der Waals surface area contributed by atoms with Crippen LogP contribution in [0.15, 0.2) is 71.8 Å². The van der Waals surface area contributed by atoms with Gasteiger partial charge in [-0.1, -0.05) is 36.4 Å². The highest BCUT2D eigenvalue weighted by Gasteiger charge is 2.09. The monoisotopic (exact) mass is 346 g/mol. The normalized spacial score (nSPS) is 11.2. The molecule has 3 aromatic rings. The molecule has 7 heteroatoms. The van der Waals surface area contributed by atoms with Crippen LogP contribution >= 0.6 is 0 Å². The zero-order chi connectivity index (χ0) is 18.4. The number of benzene rings is 2. The van der Waals surface area contributed by atoms with E-state index < -0.39 is 10.8 Å². The number of nitrogens with zero attached hydrogens (tertiary/aromatic N) is 3. The Kier molecular flexibility index (Phi) is 5.09. The summed E-state index contributed by atoms with van der Waals surface area (Å²) in [6, 6.07) is 17.3. The molecule has 0 aliphatic carbocycles. The standard InChI is InChI=1S/C19H14N4O3/c24-19(17-12-11-14-6-1-3-9-16(14)21-17)22-20-13-5-8-15-7-2-4-10-18(15)23(25)26/h1-13H,(H,22,24)/b8-5+,20-13+. The van der Waals surface area contributed by atoms with Crippen LogP contribution in [-0.2, 0) is 0 Å². The van der Waals surface area contributed by atoms with Crippen LogP contribution in [0.4, 0.5) is 5.69 Å². The van der Waals surface area contributed by atoms with E-state index >= 15 is 0 Å². The average Bonchev–Trinajstić information content (AvgIpc) is 2.67. The molecule has 0 bridgehead atoms. The highest BCUT2D eigenvalue weighted by atomic mass is 16.6. The molecule has 0 aliphatic rings. The molecule has 2 aromatic carbocycles. The Bertz CT molecular complexity index is 1030. The van der Waals surface area contributed by atoms with Crippen molar-refractivity contribution in [3.8, 4) is 0 Å². The third kappa shape index (κ3) is 3.96. The first-order valence-electron chi connectivity index (χ1n) is 7.74. The van der Waals surface area contributed by atoms with Crippen LogP contribution in [0.2, 0.25) is 0 Å². The van der Waals surface area contributed by atoms with Crippen molar-refractivity contribution in [1.82, 2.24) is 10.4 Å². The zero-order valence-corrected chi connectivity index (χ0v) is 13.6. The second-order valence-electron chi connectivity index (χ2n) is 5.28. The number of carbonyl (C=O) groups is 1. The van der Waals surface area contributed by atoms with Crippen molar-refractivity contribution in [1.29, 1.82) is 0 Å². The van der Waals surface area contributed by atoms with Gasteiger partial charge < -0.3 is 0 Å². The summed E-state index contributed by atoms with van der Waals surface area (Å²) in [4.78, 5) is 26.8. The lowest BCUT2D eigenvalue weighted by molar-refractivity contribution is -0.385. The molecule has 3 rings (SSSR count). The summed E-state index contributed by atoms with van der Waals surface area (Å²) < 4.78 is 0. The molecule has 1 amide bonds. The molecule has 1 N–H and O–H groups in total. The summed E-state index contributed by atoms with van der Waals surface area (Å²) in [5.41, 5.74) is 3.80. The molecule has 128 valence electrons. The van der Waals surface area contributed by atoms with Crippen LogP contribution in [0.5, 0.6) is 0 Å². The molecule has 0 atom stereocenters. The van der Waals surface area contributed by atoms with Crippen LogP contribution in [-0.4, -0.2) is 22.0 Å². The van der Waals surface area contributed by atoms with Crippen molar-refractivity contribution in [3.05, 3.63) is 88.1 Å². The number of rotatable bonds is 5. The lowest BCUT2D eigenvalue weighted by atomic mass is 10.2. The van der Waals surface area contributed by atoms with Crippen LogP contribution in [0.1, 0.15) is 16.1 Å². The number of nitro groups is 1. The quantitative estimate of drug-likeness (QED) is 0.434. The van der Waals surface area contributed by atoms with Gasteiger partial charge in [0.05, 0.1) is 16.0 Å². The van der Waals surface area contributed by atoms with E-state index in [1.54, 1.807) is 30.3 Å². The molecule has 0 radical (unpaired) electrons. The van der Waals surface area contributed by atoms with E-state index in [-0.39, 0.29) is 11.4 Å². The van der Waals surface area contributed by atoms with E-state index in [2.05, 4.69) is 15.5 Å². The van der Waals surface area contributed by atoms with Gasteiger partial charge in [0.25, 0.3) is 11.6 Å². The predicted molar refractivity (Wildman–Crippen MR) is 99.8 cm³/mol. The van der Waals surface area contributed by atoms with Gasteiger partial charge in [0, 0.05) is 17.7 Å². The molecule has 0 aliphatic heterocycles. The highest BCUT2D eigenvalue weighted by Crippen LogP contribution is 2.18. The van der Waals surface area contributed by atoms with Gasteiger partial charge in [-0.3, -0.25) is 14.9 Å². The summed E-state index contributed by atoms with van der Waals surface area (Å²) in [6.45, 7) is 0. The number of allylic oxidation sites excluding steroid dienone is 1. The van der Waals surface area contributed by atoms with Gasteiger partial charge in [-0.25, -0.2) is 10.4 Å². The van der Waals surface area contributed by atoms with Crippen LogP contribution < -0.4 is 5.43 Å². The summed E-state index contributed by atoms with van der Waals surface area (Å²) >= 11 is 0. The minimum atomic E-state index is -0.454. The predicted octanol–water partition coefficient (Wildman–Crippen LogP) is 3.57. The fourth-order valence-electron chi connectivity index (χ4n) is 2.33. The van der Waals surface area contributed by atoms with Gasteiger partial charge in [-0.05, 0) is 30.4 Å². The van der Waals surface area contributed by atoms with Crippen molar-refractivity contribution in [2.75, 3.05) is 0 Å². The van der Waals surface area contributed by atoms with Crippen molar-refractivity contribution >= 4 is 34.8 Å². The lowest BCUT2D eigenvalue weighted by Gasteiger charge is -2.01. The Labute approximate surface area is 148 Å². The van der Waals surface area contributed by atoms with Crippen molar-refractivity contribution in [3.63, 3.8) is 0 Å². The van der Waals surface area contributed by atoms with Crippen molar-refractivity contribution < 1.29 is 9.72 Å². The molecule has 0 saturated carbocycles. The Hall–Kier alpha value is -3.87. The maximum Gasteiger partial charge on any atom is 0.289 e. The molecule has 1 aromatic heterocycles. The molecule has 0 saturated heterocycles. The molecular weight excluding hydrogens is 332 g/mol. The second-order valence-corrected chi connectivity index (χ2v) is 5.28. The molecule has 0 unspecified atom stereocenters. The number of para-hydroxylation sites is 2. The Morgan fingerprint density at radius 3 is 2.69 bits per heavy atom. The molecule has 0 spiro atoms. The summed E-state index contributed by atoms with van der Waals surface area (Å²) in [7, 11) is 0. The Balaban J connectivity index is 1.64. The van der Waals surface area contributed by atoms with Gasteiger partial charge in [0.1, 0.15) is 5.69 Å². The smallest absolute Gasteiger partial charge is 0.266 e. The van der Waals surface area contributed by atoms with E-state index in [1.807, 2.05) is 30.3 Å². The van der Waals surface area contributed by atoms with Crippen molar-refractivity contribution in [2.24, 2.45) is 5.10 Å². The summed E-state index contributed by atoms with van der Waals surface area (Å²) in [6.07, 6.45) is 4.40. The maximum atomic E-state index is 12.1. The van der Waals surface area contributed by atoms with Crippen LogP contribution in [0, 0.1) is 10.1 Å². The fraction of sp³-hybridized carbons (Fsp3) is 0. The highest BCUT2D eigenvalue weighted by molar-refractivity contribution is 5.95. The van der Waals surface area contributed by atoms with Gasteiger partial charge in [0.15, 0.2) is 0 Å². The van der Waals surface area contributed by atoms with Gasteiger partial charge in [0.2, 0.25) is 0 Å². The number of hydrazone groups is 1. The van der Waals surface area contributed by atoms with E-state index in [4.69, 9.17) is 0 Å². The number of pyridine rings is 1. The summed E-state index contributed by atoms with van der Waals surface area (Å²) in [5.74, 6) is -0.439. The maximum absolute atomic E-state index is 12.1. The largest absolute Gasteiger partial charge is 0.289 e. The number of fused-ring (bicyclic) bond motifs is 1. The first-order valence-corrected chi connectivity index (χ1v) is 7.74. The third-order valence-electron chi connectivity index (χ3n) is 3.57. The fourth-order valence-corrected chi connectivity index (χ4v) is 2.33. The third-order valence-corrected chi connectivity index (χ3v) is 3.57. The van der Waals surface area contributed by atoms with Crippen LogP contribution in [0.25, 0.3) is 17.0 Å². The van der Waals surface area contributed by atoms with E-state index in [0.717, 1.165) is 10.9 Å². The van der Waals surface area contributed by atoms with Gasteiger partial charge in [-0.15, -0.1) is 0 Å². The molecule has 0 fully saturated rings. The number of hydrogen-bond donors (Lipinski definition) is 1. The van der Waals surface area contributed by atoms with Crippen LogP contribution in [0.3, 0.4) is 0 Å². The average molecular weight is 346 g/mol. The minimum absolute atomic E-state index is 0.00143. The Morgan fingerprint density at radius 1 is 1.08 bits per heavy atom. The first kappa shape index (κ1) is 17.0. The van der Waals surface area contributed by atoms with Gasteiger partial charge in [-0.2, -0.15) is 5.10 Å². The van der Waals surface area contributed by atoms with Crippen molar-refractivity contribution in [2.45, 2.75) is 0 Å². The molecular formula is C19H14N4O3. The first-order chi connectivity index (χ1) is 12.6.